The molecular formula is C22H29N3O2. The minimum atomic E-state index is 0.161. The van der Waals surface area contributed by atoms with Crippen LogP contribution in [0.4, 0.5) is 0 Å². The summed E-state index contributed by atoms with van der Waals surface area (Å²) in [7, 11) is 0. The van der Waals surface area contributed by atoms with Gasteiger partial charge >= 0.3 is 0 Å². The second kappa shape index (κ2) is 7.37. The van der Waals surface area contributed by atoms with Gasteiger partial charge in [0.05, 0.1) is 0 Å². The maximum atomic E-state index is 12.9. The summed E-state index contributed by atoms with van der Waals surface area (Å²) >= 11 is 0. The van der Waals surface area contributed by atoms with Crippen molar-refractivity contribution >= 4 is 12.0 Å². The standard InChI is InChI=1S/C22H29N3O2/c1-15-13-19(17(3)25(15)21-14-16(2)27-23-21)10-11-22(26)24-12-6-8-18-7-4-5-9-20(18)24/h10-11,13-14,18,20H,4-9,12H2,1-3H3/b11-10+/t18-,20-/m0/s1. The minimum absolute atomic E-state index is 0.161. The van der Waals surface area contributed by atoms with Crippen molar-refractivity contribution in [3.05, 3.63) is 40.9 Å². The predicted molar refractivity (Wildman–Crippen MR) is 106 cm³/mol. The van der Waals surface area contributed by atoms with Crippen molar-refractivity contribution in [1.29, 1.82) is 0 Å². The Morgan fingerprint density at radius 1 is 1.15 bits per heavy atom. The summed E-state index contributed by atoms with van der Waals surface area (Å²) in [5.41, 5.74) is 3.20. The normalized spacial score (nSPS) is 23.0. The monoisotopic (exact) mass is 367 g/mol. The van der Waals surface area contributed by atoms with E-state index in [0.717, 1.165) is 41.5 Å². The Morgan fingerprint density at radius 3 is 2.70 bits per heavy atom. The Balaban J connectivity index is 1.53. The topological polar surface area (TPSA) is 51.3 Å². The summed E-state index contributed by atoms with van der Waals surface area (Å²) in [6.07, 6.45) is 11.2. The maximum Gasteiger partial charge on any atom is 0.246 e. The van der Waals surface area contributed by atoms with E-state index in [1.165, 1.54) is 32.1 Å². The Bertz CT molecular complexity index is 859. The van der Waals surface area contributed by atoms with Crippen LogP contribution in [0.2, 0.25) is 0 Å². The highest BCUT2D eigenvalue weighted by Gasteiger charge is 2.34. The second-order valence-corrected chi connectivity index (χ2v) is 8.08. The summed E-state index contributed by atoms with van der Waals surface area (Å²) < 4.78 is 7.28. The molecule has 0 aromatic carbocycles. The molecule has 0 spiro atoms. The number of carbonyl (C=O) groups excluding carboxylic acids is 1. The number of carbonyl (C=O) groups is 1. The molecule has 1 amide bonds. The van der Waals surface area contributed by atoms with Crippen LogP contribution in [0.5, 0.6) is 0 Å². The van der Waals surface area contributed by atoms with Crippen LogP contribution < -0.4 is 0 Å². The van der Waals surface area contributed by atoms with Crippen molar-refractivity contribution in [1.82, 2.24) is 14.6 Å². The first kappa shape index (κ1) is 18.1. The molecule has 2 aromatic rings. The largest absolute Gasteiger partial charge is 0.360 e. The first-order chi connectivity index (χ1) is 13.0. The van der Waals surface area contributed by atoms with Crippen LogP contribution in [0, 0.1) is 26.7 Å². The molecule has 0 radical (unpaired) electrons. The molecule has 27 heavy (non-hydrogen) atoms. The van der Waals surface area contributed by atoms with Gasteiger partial charge in [0.15, 0.2) is 5.82 Å². The van der Waals surface area contributed by atoms with Crippen LogP contribution in [-0.4, -0.2) is 33.1 Å². The number of aromatic nitrogens is 2. The van der Waals surface area contributed by atoms with Crippen molar-refractivity contribution in [2.24, 2.45) is 5.92 Å². The SMILES string of the molecule is Cc1cc(-n2c(C)cc(/C=C/C(=O)N3CCC[C@@H]4CCCC[C@@H]43)c2C)no1. The van der Waals surface area contributed by atoms with E-state index in [-0.39, 0.29) is 5.91 Å². The molecule has 1 aliphatic heterocycles. The van der Waals surface area contributed by atoms with Gasteiger partial charge in [-0.1, -0.05) is 18.0 Å². The van der Waals surface area contributed by atoms with Crippen molar-refractivity contribution in [2.75, 3.05) is 6.54 Å². The van der Waals surface area contributed by atoms with Crippen LogP contribution in [0.15, 0.2) is 22.7 Å². The number of amides is 1. The molecule has 2 fully saturated rings. The lowest BCUT2D eigenvalue weighted by atomic mass is 9.78. The molecule has 0 N–H and O–H groups in total. The van der Waals surface area contributed by atoms with E-state index >= 15 is 0 Å². The molecule has 1 saturated heterocycles. The third-order valence-electron chi connectivity index (χ3n) is 6.25. The zero-order valence-electron chi connectivity index (χ0n) is 16.6. The molecule has 5 nitrogen and oxygen atoms in total. The Hall–Kier alpha value is -2.30. The first-order valence-corrected chi connectivity index (χ1v) is 10.2. The number of hydrogen-bond acceptors (Lipinski definition) is 3. The molecule has 4 rings (SSSR count). The van der Waals surface area contributed by atoms with Gasteiger partial charge < -0.3 is 9.42 Å². The summed E-state index contributed by atoms with van der Waals surface area (Å²) in [6.45, 7) is 6.90. The summed E-state index contributed by atoms with van der Waals surface area (Å²) in [5, 5.41) is 4.12. The third-order valence-corrected chi connectivity index (χ3v) is 6.25. The Labute approximate surface area is 161 Å². The number of piperidine rings is 1. The molecule has 5 heteroatoms. The molecule has 1 aliphatic carbocycles. The fourth-order valence-corrected chi connectivity index (χ4v) is 4.92. The Morgan fingerprint density at radius 2 is 1.93 bits per heavy atom. The molecule has 2 aliphatic rings. The van der Waals surface area contributed by atoms with Gasteiger partial charge in [-0.25, -0.2) is 0 Å². The third kappa shape index (κ3) is 3.47. The van der Waals surface area contributed by atoms with Gasteiger partial charge in [0.2, 0.25) is 5.91 Å². The highest BCUT2D eigenvalue weighted by Crippen LogP contribution is 2.35. The number of rotatable bonds is 3. The van der Waals surface area contributed by atoms with Gasteiger partial charge in [0, 0.05) is 36.1 Å². The van der Waals surface area contributed by atoms with Gasteiger partial charge in [-0.15, -0.1) is 0 Å². The van der Waals surface area contributed by atoms with E-state index in [1.807, 2.05) is 26.0 Å². The number of likely N-dealkylation sites (tertiary alicyclic amines) is 1. The zero-order valence-corrected chi connectivity index (χ0v) is 16.6. The van der Waals surface area contributed by atoms with Gasteiger partial charge in [-0.3, -0.25) is 9.36 Å². The summed E-state index contributed by atoms with van der Waals surface area (Å²) in [4.78, 5) is 15.0. The second-order valence-electron chi connectivity index (χ2n) is 8.08. The molecule has 3 heterocycles. The van der Waals surface area contributed by atoms with Gasteiger partial charge in [0.1, 0.15) is 5.76 Å². The smallest absolute Gasteiger partial charge is 0.246 e. The number of fused-ring (bicyclic) bond motifs is 1. The van der Waals surface area contributed by atoms with E-state index in [0.29, 0.717) is 12.0 Å². The van der Waals surface area contributed by atoms with Crippen molar-refractivity contribution in [3.8, 4) is 5.82 Å². The number of aryl methyl sites for hydroxylation is 2. The van der Waals surface area contributed by atoms with Crippen molar-refractivity contribution in [2.45, 2.75) is 65.3 Å². The number of nitrogens with zero attached hydrogens (tertiary/aromatic N) is 3. The molecule has 0 unspecified atom stereocenters. The van der Waals surface area contributed by atoms with Crippen LogP contribution in [0.3, 0.4) is 0 Å². The van der Waals surface area contributed by atoms with Crippen molar-refractivity contribution in [3.63, 3.8) is 0 Å². The highest BCUT2D eigenvalue weighted by molar-refractivity contribution is 5.92. The predicted octanol–water partition coefficient (Wildman–Crippen LogP) is 4.58. The molecule has 1 saturated carbocycles. The average molecular weight is 367 g/mol. The highest BCUT2D eigenvalue weighted by atomic mass is 16.5. The van der Waals surface area contributed by atoms with Gasteiger partial charge in [0.25, 0.3) is 0 Å². The van der Waals surface area contributed by atoms with Crippen LogP contribution in [0.1, 0.15) is 61.2 Å². The molecule has 0 bridgehead atoms. The number of hydrogen-bond donors (Lipinski definition) is 0. The maximum absolute atomic E-state index is 12.9. The molecular weight excluding hydrogens is 338 g/mol. The lowest BCUT2D eigenvalue weighted by Gasteiger charge is -2.43. The Kier molecular flexibility index (Phi) is 4.94. The van der Waals surface area contributed by atoms with E-state index in [1.54, 1.807) is 6.08 Å². The van der Waals surface area contributed by atoms with E-state index in [4.69, 9.17) is 4.52 Å². The first-order valence-electron chi connectivity index (χ1n) is 10.2. The van der Waals surface area contributed by atoms with Crippen LogP contribution in [-0.2, 0) is 4.79 Å². The van der Waals surface area contributed by atoms with E-state index in [9.17, 15) is 4.79 Å². The van der Waals surface area contributed by atoms with Gasteiger partial charge in [-0.2, -0.15) is 0 Å². The van der Waals surface area contributed by atoms with E-state index in [2.05, 4.69) is 27.6 Å². The fraction of sp³-hybridized carbons (Fsp3) is 0.545. The van der Waals surface area contributed by atoms with Crippen LogP contribution >= 0.6 is 0 Å². The fourth-order valence-electron chi connectivity index (χ4n) is 4.92. The van der Waals surface area contributed by atoms with Crippen LogP contribution in [0.25, 0.3) is 11.9 Å². The lowest BCUT2D eigenvalue weighted by molar-refractivity contribution is -0.132. The molecule has 2 aromatic heterocycles. The zero-order chi connectivity index (χ0) is 19.0. The minimum Gasteiger partial charge on any atom is -0.360 e. The average Bonchev–Trinajstić information content (AvgIpc) is 3.21. The quantitative estimate of drug-likeness (QED) is 0.746. The van der Waals surface area contributed by atoms with E-state index < -0.39 is 0 Å². The summed E-state index contributed by atoms with van der Waals surface area (Å²) in [6, 6.07) is 4.48. The molecule has 144 valence electrons. The molecule has 2 atom stereocenters. The van der Waals surface area contributed by atoms with Crippen molar-refractivity contribution < 1.29 is 9.32 Å². The summed E-state index contributed by atoms with van der Waals surface area (Å²) in [5.74, 6) is 2.45. The van der Waals surface area contributed by atoms with Gasteiger partial charge in [-0.05, 0) is 70.1 Å². The lowest BCUT2D eigenvalue weighted by Crippen LogP contribution is -2.49.